The highest BCUT2D eigenvalue weighted by atomic mass is 16.5. The molecule has 3 nitrogen and oxygen atoms in total. The van der Waals surface area contributed by atoms with E-state index in [1.165, 1.54) is 22.3 Å². The minimum Gasteiger partial charge on any atom is -0.497 e. The van der Waals surface area contributed by atoms with Gasteiger partial charge in [-0.1, -0.05) is 48.5 Å². The number of aryl methyl sites for hydroxylation is 1. The third kappa shape index (κ3) is 4.29. The van der Waals surface area contributed by atoms with Crippen molar-refractivity contribution in [1.82, 2.24) is 4.57 Å². The van der Waals surface area contributed by atoms with Crippen LogP contribution in [0.1, 0.15) is 40.5 Å². The van der Waals surface area contributed by atoms with Crippen molar-refractivity contribution in [3.63, 3.8) is 0 Å². The van der Waals surface area contributed by atoms with E-state index in [1.807, 2.05) is 12.1 Å². The molecule has 162 valence electrons. The molecular formula is C29H29NO2. The van der Waals surface area contributed by atoms with Crippen LogP contribution < -0.4 is 9.47 Å². The van der Waals surface area contributed by atoms with Crippen molar-refractivity contribution in [2.24, 2.45) is 0 Å². The van der Waals surface area contributed by atoms with Crippen molar-refractivity contribution < 1.29 is 9.47 Å². The molecule has 0 aliphatic heterocycles. The molecule has 0 radical (unpaired) electrons. The Morgan fingerprint density at radius 1 is 0.812 bits per heavy atom. The second kappa shape index (κ2) is 9.35. The summed E-state index contributed by atoms with van der Waals surface area (Å²) in [5.74, 6) is 2.63. The predicted octanol–water partition coefficient (Wildman–Crippen LogP) is 6.44. The molecule has 5 rings (SSSR count). The fourth-order valence-electron chi connectivity index (χ4n) is 4.95. The first-order valence-electron chi connectivity index (χ1n) is 11.4. The number of methoxy groups -OCH3 is 1. The largest absolute Gasteiger partial charge is 0.497 e. The van der Waals surface area contributed by atoms with Crippen molar-refractivity contribution >= 4 is 0 Å². The Bertz CT molecular complexity index is 1130. The summed E-state index contributed by atoms with van der Waals surface area (Å²) in [7, 11) is 1.74. The molecule has 0 saturated heterocycles. The fraction of sp³-hybridized carbons (Fsp3) is 0.241. The van der Waals surface area contributed by atoms with Crippen LogP contribution in [-0.2, 0) is 13.0 Å². The van der Waals surface area contributed by atoms with Gasteiger partial charge < -0.3 is 14.0 Å². The number of nitrogens with zero attached hydrogens (tertiary/aromatic N) is 1. The molecule has 1 aromatic heterocycles. The van der Waals surface area contributed by atoms with Crippen molar-refractivity contribution in [1.29, 1.82) is 0 Å². The van der Waals surface area contributed by atoms with Crippen LogP contribution in [0.25, 0.3) is 0 Å². The summed E-state index contributed by atoms with van der Waals surface area (Å²) in [6, 6.07) is 30.3. The third-order valence-electron chi connectivity index (χ3n) is 6.56. The van der Waals surface area contributed by atoms with Crippen LogP contribution in [0.3, 0.4) is 0 Å². The maximum absolute atomic E-state index is 6.00. The standard InChI is InChI=1S/C29H29NO2/c1-31-26-14-16-28-24(21-26)11-15-27(22-7-3-2-4-8-22)29(28)23-9-12-25(13-10-23)32-20-19-30-17-5-6-18-30/h2-10,12-14,16-18,21,27,29H,11,15,19-20H2,1H3. The summed E-state index contributed by atoms with van der Waals surface area (Å²) in [5, 5.41) is 0. The number of ether oxygens (including phenoxy) is 2. The SMILES string of the molecule is COc1ccc2c(c1)CCC(c1ccccc1)C2c1ccc(OCCn2cccc2)cc1. The summed E-state index contributed by atoms with van der Waals surface area (Å²) < 4.78 is 13.6. The van der Waals surface area contributed by atoms with Gasteiger partial charge in [-0.2, -0.15) is 0 Å². The van der Waals surface area contributed by atoms with Crippen LogP contribution in [0.4, 0.5) is 0 Å². The van der Waals surface area contributed by atoms with Crippen LogP contribution in [0.15, 0.2) is 97.3 Å². The minimum atomic E-state index is 0.320. The number of fused-ring (bicyclic) bond motifs is 1. The molecule has 1 heterocycles. The molecule has 2 atom stereocenters. The van der Waals surface area contributed by atoms with E-state index in [0.29, 0.717) is 18.4 Å². The molecule has 3 heteroatoms. The zero-order chi connectivity index (χ0) is 21.8. The summed E-state index contributed by atoms with van der Waals surface area (Å²) in [6.45, 7) is 1.51. The molecule has 3 aromatic carbocycles. The van der Waals surface area contributed by atoms with E-state index >= 15 is 0 Å². The van der Waals surface area contributed by atoms with Gasteiger partial charge in [0, 0.05) is 18.3 Å². The van der Waals surface area contributed by atoms with Crippen LogP contribution in [-0.4, -0.2) is 18.3 Å². The van der Waals surface area contributed by atoms with Crippen LogP contribution in [0.5, 0.6) is 11.5 Å². The first-order valence-corrected chi connectivity index (χ1v) is 11.4. The summed E-state index contributed by atoms with van der Waals surface area (Å²) in [6.07, 6.45) is 6.32. The second-order valence-electron chi connectivity index (χ2n) is 8.44. The lowest BCUT2D eigenvalue weighted by atomic mass is 9.69. The number of rotatable bonds is 7. The van der Waals surface area contributed by atoms with Gasteiger partial charge in [0.2, 0.25) is 0 Å². The second-order valence-corrected chi connectivity index (χ2v) is 8.44. The topological polar surface area (TPSA) is 23.4 Å². The maximum atomic E-state index is 6.00. The zero-order valence-electron chi connectivity index (χ0n) is 18.5. The Labute approximate surface area is 190 Å². The summed E-state index contributed by atoms with van der Waals surface area (Å²) >= 11 is 0. The highest BCUT2D eigenvalue weighted by Gasteiger charge is 2.32. The smallest absolute Gasteiger partial charge is 0.119 e. The predicted molar refractivity (Wildman–Crippen MR) is 129 cm³/mol. The monoisotopic (exact) mass is 423 g/mol. The molecule has 0 fully saturated rings. The van der Waals surface area contributed by atoms with E-state index < -0.39 is 0 Å². The van der Waals surface area contributed by atoms with Gasteiger partial charge in [0.25, 0.3) is 0 Å². The number of hydrogen-bond donors (Lipinski definition) is 0. The van der Waals surface area contributed by atoms with E-state index in [4.69, 9.17) is 9.47 Å². The molecule has 1 aliphatic rings. The van der Waals surface area contributed by atoms with Gasteiger partial charge in [0.05, 0.1) is 13.7 Å². The van der Waals surface area contributed by atoms with Gasteiger partial charge in [0.15, 0.2) is 0 Å². The lowest BCUT2D eigenvalue weighted by Crippen LogP contribution is -2.20. The average Bonchev–Trinajstić information content (AvgIpc) is 3.37. The van der Waals surface area contributed by atoms with E-state index in [1.54, 1.807) is 7.11 Å². The molecule has 0 saturated carbocycles. The van der Waals surface area contributed by atoms with Gasteiger partial charge in [-0.05, 0) is 77.4 Å². The van der Waals surface area contributed by atoms with Crippen molar-refractivity contribution in [3.05, 3.63) is 120 Å². The average molecular weight is 424 g/mol. The minimum absolute atomic E-state index is 0.320. The van der Waals surface area contributed by atoms with Gasteiger partial charge in [-0.25, -0.2) is 0 Å². The molecule has 32 heavy (non-hydrogen) atoms. The van der Waals surface area contributed by atoms with E-state index in [0.717, 1.165) is 30.9 Å². The van der Waals surface area contributed by atoms with Gasteiger partial charge in [-0.15, -0.1) is 0 Å². The Balaban J connectivity index is 1.41. The Hall–Kier alpha value is -3.46. The van der Waals surface area contributed by atoms with E-state index in [9.17, 15) is 0 Å². The van der Waals surface area contributed by atoms with Gasteiger partial charge >= 0.3 is 0 Å². The number of aromatic nitrogens is 1. The molecular weight excluding hydrogens is 394 g/mol. The van der Waals surface area contributed by atoms with Crippen molar-refractivity contribution in [2.45, 2.75) is 31.2 Å². The first-order chi connectivity index (χ1) is 15.8. The Morgan fingerprint density at radius 3 is 2.31 bits per heavy atom. The quantitative estimate of drug-likeness (QED) is 0.342. The Kier molecular flexibility index (Phi) is 5.98. The van der Waals surface area contributed by atoms with Crippen molar-refractivity contribution in [2.75, 3.05) is 13.7 Å². The molecule has 1 aliphatic carbocycles. The highest BCUT2D eigenvalue weighted by Crippen LogP contribution is 2.47. The van der Waals surface area contributed by atoms with Gasteiger partial charge in [-0.3, -0.25) is 0 Å². The molecule has 0 bridgehead atoms. The lowest BCUT2D eigenvalue weighted by molar-refractivity contribution is 0.298. The number of benzene rings is 3. The normalized spacial score (nSPS) is 17.5. The molecule has 0 amide bonds. The van der Waals surface area contributed by atoms with Crippen molar-refractivity contribution in [3.8, 4) is 11.5 Å². The van der Waals surface area contributed by atoms with Crippen LogP contribution in [0, 0.1) is 0 Å². The number of hydrogen-bond acceptors (Lipinski definition) is 2. The summed E-state index contributed by atoms with van der Waals surface area (Å²) in [5.41, 5.74) is 5.55. The van der Waals surface area contributed by atoms with E-state index in [2.05, 4.69) is 89.8 Å². The molecule has 2 unspecified atom stereocenters. The first kappa shape index (κ1) is 20.4. The lowest BCUT2D eigenvalue weighted by Gasteiger charge is -2.35. The summed E-state index contributed by atoms with van der Waals surface area (Å²) in [4.78, 5) is 0. The fourth-order valence-corrected chi connectivity index (χ4v) is 4.95. The van der Waals surface area contributed by atoms with Crippen LogP contribution in [0.2, 0.25) is 0 Å². The third-order valence-corrected chi connectivity index (χ3v) is 6.56. The van der Waals surface area contributed by atoms with Gasteiger partial charge in [0.1, 0.15) is 18.1 Å². The zero-order valence-corrected chi connectivity index (χ0v) is 18.5. The molecule has 0 N–H and O–H groups in total. The highest BCUT2D eigenvalue weighted by molar-refractivity contribution is 5.48. The Morgan fingerprint density at radius 2 is 1.56 bits per heavy atom. The van der Waals surface area contributed by atoms with E-state index in [-0.39, 0.29) is 0 Å². The molecule has 4 aromatic rings. The van der Waals surface area contributed by atoms with Crippen LogP contribution >= 0.6 is 0 Å². The molecule has 0 spiro atoms. The maximum Gasteiger partial charge on any atom is 0.119 e.